The van der Waals surface area contributed by atoms with Gasteiger partial charge in [-0.2, -0.15) is 5.10 Å². The molecule has 2 rings (SSSR count). The van der Waals surface area contributed by atoms with Crippen molar-refractivity contribution in [1.29, 1.82) is 0 Å². The second-order valence-corrected chi connectivity index (χ2v) is 3.79. The van der Waals surface area contributed by atoms with E-state index in [1.54, 1.807) is 24.0 Å². The Balaban J connectivity index is 2.45. The number of halogens is 1. The van der Waals surface area contributed by atoms with Crippen LogP contribution in [0.2, 0.25) is 0 Å². The zero-order chi connectivity index (χ0) is 12.4. The predicted molar refractivity (Wildman–Crippen MR) is 63.2 cm³/mol. The summed E-state index contributed by atoms with van der Waals surface area (Å²) in [6.07, 6.45) is 1.79. The Hall–Kier alpha value is -1.92. The maximum Gasteiger partial charge on any atom is 0.123 e. The molecule has 0 spiro atoms. The van der Waals surface area contributed by atoms with E-state index in [2.05, 4.69) is 10.5 Å². The molecule has 0 amide bonds. The minimum absolute atomic E-state index is 0.356. The molecule has 0 aliphatic carbocycles. The zero-order valence-electron chi connectivity index (χ0n) is 9.39. The number of hydrogen-bond acceptors (Lipinski definition) is 4. The highest BCUT2D eigenvalue weighted by atomic mass is 19.1. The molecule has 0 saturated heterocycles. The highest BCUT2D eigenvalue weighted by Gasteiger charge is 2.18. The van der Waals surface area contributed by atoms with Gasteiger partial charge in [-0.25, -0.2) is 9.82 Å². The van der Waals surface area contributed by atoms with Gasteiger partial charge in [-0.15, -0.1) is 0 Å². The predicted octanol–water partition coefficient (Wildman–Crippen LogP) is 0.694. The maximum absolute atomic E-state index is 13.2. The third-order valence-electron chi connectivity index (χ3n) is 2.56. The number of hydrazine groups is 1. The van der Waals surface area contributed by atoms with Crippen LogP contribution in [0.5, 0.6) is 0 Å². The lowest BCUT2D eigenvalue weighted by Crippen LogP contribution is -2.30. The Kier molecular flexibility index (Phi) is 3.08. The van der Waals surface area contributed by atoms with Crippen molar-refractivity contribution in [3.63, 3.8) is 0 Å². The number of rotatable bonds is 3. The molecule has 0 bridgehead atoms. The first-order valence-electron chi connectivity index (χ1n) is 5.12. The van der Waals surface area contributed by atoms with Gasteiger partial charge in [-0.3, -0.25) is 10.5 Å². The molecule has 0 aliphatic rings. The first-order valence-corrected chi connectivity index (χ1v) is 5.12. The quantitative estimate of drug-likeness (QED) is 0.415. The van der Waals surface area contributed by atoms with Gasteiger partial charge in [-0.1, -0.05) is 0 Å². The number of anilines is 1. The summed E-state index contributed by atoms with van der Waals surface area (Å²) in [5, 5.41) is 4.23. The summed E-state index contributed by atoms with van der Waals surface area (Å²) in [6.45, 7) is 0. The van der Waals surface area contributed by atoms with E-state index >= 15 is 0 Å². The van der Waals surface area contributed by atoms with Crippen LogP contribution in [0, 0.1) is 5.82 Å². The summed E-state index contributed by atoms with van der Waals surface area (Å²) in [5.74, 6) is 5.13. The van der Waals surface area contributed by atoms with Crippen molar-refractivity contribution < 1.29 is 4.39 Å². The molecule has 2 aromatic rings. The van der Waals surface area contributed by atoms with Gasteiger partial charge < -0.3 is 5.73 Å². The second kappa shape index (κ2) is 4.52. The van der Waals surface area contributed by atoms with E-state index in [0.717, 1.165) is 0 Å². The molecule has 0 radical (unpaired) electrons. The van der Waals surface area contributed by atoms with Crippen molar-refractivity contribution in [3.05, 3.63) is 47.5 Å². The van der Waals surface area contributed by atoms with Crippen LogP contribution < -0.4 is 17.0 Å². The Bertz CT molecular complexity index is 522. The molecule has 6 heteroatoms. The highest BCUT2D eigenvalue weighted by molar-refractivity contribution is 5.50. The lowest BCUT2D eigenvalue weighted by molar-refractivity contribution is 0.590. The molecule has 1 aromatic carbocycles. The number of nitrogens with zero attached hydrogens (tertiary/aromatic N) is 2. The summed E-state index contributed by atoms with van der Waals surface area (Å²) in [7, 11) is 1.80. The summed E-state index contributed by atoms with van der Waals surface area (Å²) < 4.78 is 14.9. The lowest BCUT2D eigenvalue weighted by Gasteiger charge is -2.16. The topological polar surface area (TPSA) is 81.9 Å². The van der Waals surface area contributed by atoms with Crippen molar-refractivity contribution in [1.82, 2.24) is 15.2 Å². The van der Waals surface area contributed by atoms with Crippen LogP contribution in [0.4, 0.5) is 10.1 Å². The van der Waals surface area contributed by atoms with Crippen molar-refractivity contribution in [2.75, 3.05) is 5.73 Å². The first kappa shape index (κ1) is 11.6. The zero-order valence-corrected chi connectivity index (χ0v) is 9.39. The minimum Gasteiger partial charge on any atom is -0.398 e. The Morgan fingerprint density at radius 3 is 2.76 bits per heavy atom. The van der Waals surface area contributed by atoms with E-state index in [4.69, 9.17) is 11.6 Å². The van der Waals surface area contributed by atoms with E-state index in [1.165, 1.54) is 18.2 Å². The normalized spacial score (nSPS) is 12.6. The van der Waals surface area contributed by atoms with Crippen LogP contribution in [-0.2, 0) is 7.05 Å². The summed E-state index contributed by atoms with van der Waals surface area (Å²) in [4.78, 5) is 0. The van der Waals surface area contributed by atoms with Crippen LogP contribution in [0.25, 0.3) is 0 Å². The molecule has 1 unspecified atom stereocenters. The van der Waals surface area contributed by atoms with Gasteiger partial charge >= 0.3 is 0 Å². The van der Waals surface area contributed by atoms with Crippen LogP contribution in [0.1, 0.15) is 17.3 Å². The first-order chi connectivity index (χ1) is 8.11. The third kappa shape index (κ3) is 2.27. The standard InChI is InChI=1S/C11H14FN5/c1-17-5-4-10(16-17)11(15-14)8-6-7(12)2-3-9(8)13/h2-6,11,15H,13-14H2,1H3. The average Bonchev–Trinajstić information content (AvgIpc) is 2.71. The molecule has 0 aliphatic heterocycles. The van der Waals surface area contributed by atoms with Gasteiger partial charge in [-0.05, 0) is 24.3 Å². The largest absolute Gasteiger partial charge is 0.398 e. The highest BCUT2D eigenvalue weighted by Crippen LogP contribution is 2.25. The van der Waals surface area contributed by atoms with E-state index in [0.29, 0.717) is 16.9 Å². The van der Waals surface area contributed by atoms with Gasteiger partial charge in [0.2, 0.25) is 0 Å². The summed E-state index contributed by atoms with van der Waals surface area (Å²) in [6, 6.07) is 5.55. The van der Waals surface area contributed by atoms with E-state index in [9.17, 15) is 4.39 Å². The molecule has 1 heterocycles. The molecule has 1 aromatic heterocycles. The molecule has 5 nitrogen and oxygen atoms in total. The van der Waals surface area contributed by atoms with Crippen LogP contribution in [0.3, 0.4) is 0 Å². The monoisotopic (exact) mass is 235 g/mol. The molecule has 90 valence electrons. The van der Waals surface area contributed by atoms with Gasteiger partial charge in [0.25, 0.3) is 0 Å². The number of hydrogen-bond donors (Lipinski definition) is 3. The third-order valence-corrected chi connectivity index (χ3v) is 2.56. The smallest absolute Gasteiger partial charge is 0.123 e. The number of aryl methyl sites for hydroxylation is 1. The van der Waals surface area contributed by atoms with E-state index < -0.39 is 6.04 Å². The van der Waals surface area contributed by atoms with Crippen molar-refractivity contribution in [2.24, 2.45) is 12.9 Å². The summed E-state index contributed by atoms with van der Waals surface area (Å²) >= 11 is 0. The molecule has 0 fully saturated rings. The molecular weight excluding hydrogens is 221 g/mol. The van der Waals surface area contributed by atoms with Gasteiger partial charge in [0.15, 0.2) is 0 Å². The Labute approximate surface area is 98.2 Å². The fourth-order valence-corrected chi connectivity index (χ4v) is 1.72. The molecule has 5 N–H and O–H groups in total. The van der Waals surface area contributed by atoms with E-state index in [-0.39, 0.29) is 5.82 Å². The van der Waals surface area contributed by atoms with Crippen LogP contribution in [-0.4, -0.2) is 9.78 Å². The number of nitrogens with two attached hydrogens (primary N) is 2. The molecule has 17 heavy (non-hydrogen) atoms. The Morgan fingerprint density at radius 2 is 2.18 bits per heavy atom. The number of benzene rings is 1. The molecule has 1 atom stereocenters. The van der Waals surface area contributed by atoms with Crippen molar-refractivity contribution >= 4 is 5.69 Å². The fraction of sp³-hybridized carbons (Fsp3) is 0.182. The maximum atomic E-state index is 13.2. The van der Waals surface area contributed by atoms with Gasteiger partial charge in [0.05, 0.1) is 11.7 Å². The Morgan fingerprint density at radius 1 is 1.41 bits per heavy atom. The van der Waals surface area contributed by atoms with Gasteiger partial charge in [0.1, 0.15) is 5.82 Å². The number of nitrogens with one attached hydrogen (secondary N) is 1. The average molecular weight is 235 g/mol. The van der Waals surface area contributed by atoms with E-state index in [1.807, 2.05) is 0 Å². The van der Waals surface area contributed by atoms with Crippen LogP contribution >= 0.6 is 0 Å². The fourth-order valence-electron chi connectivity index (χ4n) is 1.72. The molecule has 0 saturated carbocycles. The minimum atomic E-state index is -0.424. The molecular formula is C11H14FN5. The number of aromatic nitrogens is 2. The lowest BCUT2D eigenvalue weighted by atomic mass is 10.0. The van der Waals surface area contributed by atoms with Crippen molar-refractivity contribution in [2.45, 2.75) is 6.04 Å². The number of nitrogen functional groups attached to an aromatic ring is 1. The SMILES string of the molecule is Cn1ccc(C(NN)c2cc(F)ccc2N)n1. The van der Waals surface area contributed by atoms with Crippen LogP contribution in [0.15, 0.2) is 30.5 Å². The van der Waals surface area contributed by atoms with Gasteiger partial charge in [0, 0.05) is 24.5 Å². The summed E-state index contributed by atoms with van der Waals surface area (Å²) in [5.41, 5.74) is 10.1. The second-order valence-electron chi connectivity index (χ2n) is 3.79. The van der Waals surface area contributed by atoms with Crippen molar-refractivity contribution in [3.8, 4) is 0 Å².